The first kappa shape index (κ1) is 15.7. The van der Waals surface area contributed by atoms with Crippen molar-refractivity contribution in [2.24, 2.45) is 0 Å². The Labute approximate surface area is 104 Å². The molecule has 0 saturated carbocycles. The SMILES string of the molecule is C=C(C)C(=O)C(C)(C)OCCC(C)(C)SC. The van der Waals surface area contributed by atoms with E-state index in [9.17, 15) is 4.79 Å². The van der Waals surface area contributed by atoms with Crippen LogP contribution in [0.15, 0.2) is 12.2 Å². The summed E-state index contributed by atoms with van der Waals surface area (Å²) in [7, 11) is 0. The monoisotopic (exact) mass is 244 g/mol. The molecule has 0 heterocycles. The van der Waals surface area contributed by atoms with Crippen LogP contribution in [0.2, 0.25) is 0 Å². The van der Waals surface area contributed by atoms with Gasteiger partial charge in [-0.15, -0.1) is 0 Å². The molecule has 2 nitrogen and oxygen atoms in total. The molecular formula is C13H24O2S. The standard InChI is InChI=1S/C13H24O2S/c1-10(2)11(14)13(5,6)15-9-8-12(3,4)16-7/h1,8-9H2,2-7H3. The molecule has 0 N–H and O–H groups in total. The maximum absolute atomic E-state index is 11.8. The zero-order chi connectivity index (χ0) is 13.0. The number of hydrogen-bond donors (Lipinski definition) is 0. The van der Waals surface area contributed by atoms with E-state index in [1.165, 1.54) is 0 Å². The van der Waals surface area contributed by atoms with Gasteiger partial charge in [-0.05, 0) is 39.0 Å². The fraction of sp³-hybridized carbons (Fsp3) is 0.769. The van der Waals surface area contributed by atoms with E-state index in [-0.39, 0.29) is 10.5 Å². The van der Waals surface area contributed by atoms with E-state index >= 15 is 0 Å². The number of Topliss-reactive ketones (excluding diaryl/α,β-unsaturated/α-hetero) is 1. The molecule has 0 fully saturated rings. The second kappa shape index (κ2) is 5.87. The van der Waals surface area contributed by atoms with Crippen molar-refractivity contribution < 1.29 is 9.53 Å². The minimum absolute atomic E-state index is 0.0190. The summed E-state index contributed by atoms with van der Waals surface area (Å²) in [5.41, 5.74) is -0.200. The topological polar surface area (TPSA) is 26.3 Å². The normalized spacial score (nSPS) is 12.6. The minimum Gasteiger partial charge on any atom is -0.367 e. The van der Waals surface area contributed by atoms with Crippen LogP contribution in [0.25, 0.3) is 0 Å². The van der Waals surface area contributed by atoms with Crippen molar-refractivity contribution in [1.29, 1.82) is 0 Å². The van der Waals surface area contributed by atoms with E-state index in [4.69, 9.17) is 4.74 Å². The fourth-order valence-electron chi connectivity index (χ4n) is 1.23. The van der Waals surface area contributed by atoms with Crippen molar-refractivity contribution >= 4 is 17.5 Å². The summed E-state index contributed by atoms with van der Waals surface area (Å²) >= 11 is 1.81. The summed E-state index contributed by atoms with van der Waals surface area (Å²) in [5.74, 6) is -0.0190. The van der Waals surface area contributed by atoms with Gasteiger partial charge in [0.1, 0.15) is 5.60 Å². The first-order valence-corrected chi connectivity index (χ1v) is 6.74. The maximum Gasteiger partial charge on any atom is 0.189 e. The molecule has 0 aliphatic carbocycles. The van der Waals surface area contributed by atoms with E-state index in [1.807, 2.05) is 11.8 Å². The zero-order valence-electron chi connectivity index (χ0n) is 11.3. The molecule has 0 radical (unpaired) electrons. The molecule has 94 valence electrons. The third-order valence-electron chi connectivity index (χ3n) is 2.65. The van der Waals surface area contributed by atoms with Gasteiger partial charge >= 0.3 is 0 Å². The van der Waals surface area contributed by atoms with Crippen LogP contribution in [0.1, 0.15) is 41.0 Å². The lowest BCUT2D eigenvalue weighted by atomic mass is 9.98. The Kier molecular flexibility index (Phi) is 5.77. The van der Waals surface area contributed by atoms with E-state index < -0.39 is 5.60 Å². The Morgan fingerprint density at radius 3 is 2.19 bits per heavy atom. The van der Waals surface area contributed by atoms with E-state index in [0.29, 0.717) is 12.2 Å². The quantitative estimate of drug-likeness (QED) is 0.642. The molecule has 3 heteroatoms. The van der Waals surface area contributed by atoms with Crippen LogP contribution in [-0.2, 0) is 9.53 Å². The number of ketones is 1. The highest BCUT2D eigenvalue weighted by molar-refractivity contribution is 7.99. The number of carbonyl (C=O) groups excluding carboxylic acids is 1. The summed E-state index contributed by atoms with van der Waals surface area (Å²) in [6.45, 7) is 13.9. The molecule has 0 bridgehead atoms. The first-order valence-electron chi connectivity index (χ1n) is 5.52. The molecular weight excluding hydrogens is 220 g/mol. The summed E-state index contributed by atoms with van der Waals surface area (Å²) in [4.78, 5) is 11.8. The van der Waals surface area contributed by atoms with Crippen molar-refractivity contribution in [1.82, 2.24) is 0 Å². The Hall–Kier alpha value is -0.280. The second-order valence-electron chi connectivity index (χ2n) is 5.18. The van der Waals surface area contributed by atoms with Crippen molar-refractivity contribution in [3.8, 4) is 0 Å². The Morgan fingerprint density at radius 2 is 1.81 bits per heavy atom. The summed E-state index contributed by atoms with van der Waals surface area (Å²) in [6, 6.07) is 0. The van der Waals surface area contributed by atoms with E-state index in [0.717, 1.165) is 6.42 Å². The van der Waals surface area contributed by atoms with Crippen LogP contribution in [0.4, 0.5) is 0 Å². The Morgan fingerprint density at radius 1 is 1.31 bits per heavy atom. The number of thioether (sulfide) groups is 1. The highest BCUT2D eigenvalue weighted by atomic mass is 32.2. The molecule has 0 aliphatic heterocycles. The van der Waals surface area contributed by atoms with Gasteiger partial charge in [0.15, 0.2) is 5.78 Å². The van der Waals surface area contributed by atoms with E-state index in [1.54, 1.807) is 20.8 Å². The summed E-state index contributed by atoms with van der Waals surface area (Å²) in [5, 5.41) is 0. The van der Waals surface area contributed by atoms with Gasteiger partial charge in [0.05, 0.1) is 0 Å². The lowest BCUT2D eigenvalue weighted by Gasteiger charge is -2.27. The third-order valence-corrected chi connectivity index (χ3v) is 3.96. The molecule has 0 unspecified atom stereocenters. The van der Waals surface area contributed by atoms with Crippen LogP contribution in [0.3, 0.4) is 0 Å². The number of carbonyl (C=O) groups is 1. The number of hydrogen-bond acceptors (Lipinski definition) is 3. The lowest BCUT2D eigenvalue weighted by Crippen LogP contribution is -2.36. The zero-order valence-corrected chi connectivity index (χ0v) is 12.2. The lowest BCUT2D eigenvalue weighted by molar-refractivity contribution is -0.136. The second-order valence-corrected chi connectivity index (χ2v) is 6.70. The molecule has 0 aromatic heterocycles. The van der Waals surface area contributed by atoms with Gasteiger partial charge in [0.25, 0.3) is 0 Å². The minimum atomic E-state index is -0.750. The van der Waals surface area contributed by atoms with Gasteiger partial charge in [-0.1, -0.05) is 20.4 Å². The van der Waals surface area contributed by atoms with E-state index in [2.05, 4.69) is 26.7 Å². The maximum atomic E-state index is 11.8. The smallest absolute Gasteiger partial charge is 0.189 e. The first-order chi connectivity index (χ1) is 7.12. The van der Waals surface area contributed by atoms with Crippen LogP contribution >= 0.6 is 11.8 Å². The van der Waals surface area contributed by atoms with Gasteiger partial charge in [0.2, 0.25) is 0 Å². The number of rotatable bonds is 7. The molecule has 0 aromatic rings. The summed E-state index contributed by atoms with van der Waals surface area (Å²) < 4.78 is 5.86. The molecule has 16 heavy (non-hydrogen) atoms. The van der Waals surface area contributed by atoms with Crippen LogP contribution in [0.5, 0.6) is 0 Å². The van der Waals surface area contributed by atoms with Crippen molar-refractivity contribution in [2.75, 3.05) is 12.9 Å². The van der Waals surface area contributed by atoms with Crippen LogP contribution in [-0.4, -0.2) is 29.0 Å². The van der Waals surface area contributed by atoms with Gasteiger partial charge < -0.3 is 4.74 Å². The molecule has 0 amide bonds. The Balaban J connectivity index is 4.20. The molecule has 0 rings (SSSR count). The van der Waals surface area contributed by atoms with Gasteiger partial charge in [-0.2, -0.15) is 11.8 Å². The predicted octanol–water partition coefficient (Wildman–Crippen LogP) is 3.46. The van der Waals surface area contributed by atoms with Crippen LogP contribution in [0, 0.1) is 0 Å². The van der Waals surface area contributed by atoms with Crippen LogP contribution < -0.4 is 0 Å². The molecule has 0 aromatic carbocycles. The molecule has 0 spiro atoms. The molecule has 0 aliphatic rings. The highest BCUT2D eigenvalue weighted by Gasteiger charge is 2.29. The van der Waals surface area contributed by atoms with Gasteiger partial charge in [-0.3, -0.25) is 4.79 Å². The Bertz CT molecular complexity index is 267. The van der Waals surface area contributed by atoms with Gasteiger partial charge in [-0.25, -0.2) is 0 Å². The average Bonchev–Trinajstić information content (AvgIpc) is 2.15. The number of ether oxygens (including phenoxy) is 1. The highest BCUT2D eigenvalue weighted by Crippen LogP contribution is 2.26. The average molecular weight is 244 g/mol. The largest absolute Gasteiger partial charge is 0.367 e. The third kappa shape index (κ3) is 5.17. The molecule has 0 saturated heterocycles. The van der Waals surface area contributed by atoms with Crippen molar-refractivity contribution in [2.45, 2.75) is 51.4 Å². The van der Waals surface area contributed by atoms with Crippen molar-refractivity contribution in [3.05, 3.63) is 12.2 Å². The van der Waals surface area contributed by atoms with Gasteiger partial charge in [0, 0.05) is 11.4 Å². The fourth-order valence-corrected chi connectivity index (χ4v) is 1.52. The predicted molar refractivity (Wildman–Crippen MR) is 72.1 cm³/mol. The molecule has 0 atom stereocenters. The summed E-state index contributed by atoms with van der Waals surface area (Å²) in [6.07, 6.45) is 3.02. The van der Waals surface area contributed by atoms with Crippen molar-refractivity contribution in [3.63, 3.8) is 0 Å².